The topological polar surface area (TPSA) is 62.9 Å². The van der Waals surface area contributed by atoms with Gasteiger partial charge < -0.3 is 14.3 Å². The number of furan rings is 1. The summed E-state index contributed by atoms with van der Waals surface area (Å²) in [6.07, 6.45) is 5.65. The lowest BCUT2D eigenvalue weighted by Crippen LogP contribution is -2.56. The maximum absolute atomic E-state index is 12.1. The Balaban J connectivity index is 1.87. The van der Waals surface area contributed by atoms with Crippen LogP contribution in [0, 0.1) is 0 Å². The van der Waals surface area contributed by atoms with Gasteiger partial charge in [-0.3, -0.25) is 4.90 Å². The Morgan fingerprint density at radius 3 is 2.74 bits per heavy atom. The molecule has 2 aliphatic rings. The quantitative estimate of drug-likeness (QED) is 0.893. The molecule has 1 saturated heterocycles. The molecule has 1 N–H and O–H groups in total. The first-order chi connectivity index (χ1) is 9.05. The number of hydrogen-bond donors (Lipinski definition) is 1. The number of nitrogens with zero attached hydrogens (tertiary/aromatic N) is 1. The van der Waals surface area contributed by atoms with E-state index in [1.54, 1.807) is 25.3 Å². The number of hydrogen-bond acceptors (Lipinski definition) is 4. The summed E-state index contributed by atoms with van der Waals surface area (Å²) in [5, 5.41) is 10.8. The molecule has 0 aromatic carbocycles. The molecule has 2 heterocycles. The minimum atomic E-state index is -1.28. The van der Waals surface area contributed by atoms with Gasteiger partial charge in [0.1, 0.15) is 5.76 Å². The van der Waals surface area contributed by atoms with Crippen LogP contribution in [-0.2, 0) is 11.3 Å². The fourth-order valence-electron chi connectivity index (χ4n) is 3.22. The third-order valence-electron chi connectivity index (χ3n) is 4.45. The number of amides is 1. The molecule has 0 bridgehead atoms. The zero-order chi connectivity index (χ0) is 13.5. The predicted octanol–water partition coefficient (Wildman–Crippen LogP) is 2.64. The fourth-order valence-corrected chi connectivity index (χ4v) is 3.22. The van der Waals surface area contributed by atoms with Crippen LogP contribution < -0.4 is 0 Å². The van der Waals surface area contributed by atoms with Crippen molar-refractivity contribution in [3.8, 4) is 0 Å². The first-order valence-corrected chi connectivity index (χ1v) is 6.81. The molecule has 1 atom stereocenters. The summed E-state index contributed by atoms with van der Waals surface area (Å²) < 4.78 is 10.8. The number of aliphatic hydroxyl groups is 1. The maximum Gasteiger partial charge on any atom is 0.413 e. The SMILES string of the molecule is C[C@@]1(O)N(Cc2ccco2)C(=O)OC12CCCCC2. The lowest BCUT2D eigenvalue weighted by molar-refractivity contribution is -0.161. The highest BCUT2D eigenvalue weighted by molar-refractivity contribution is 5.72. The van der Waals surface area contributed by atoms with Crippen molar-refractivity contribution in [2.45, 2.75) is 56.9 Å². The molecular weight excluding hydrogens is 246 g/mol. The molecule has 5 nitrogen and oxygen atoms in total. The van der Waals surface area contributed by atoms with E-state index in [9.17, 15) is 9.90 Å². The van der Waals surface area contributed by atoms with E-state index in [1.807, 2.05) is 0 Å². The molecule has 0 unspecified atom stereocenters. The number of ether oxygens (including phenoxy) is 1. The minimum absolute atomic E-state index is 0.237. The minimum Gasteiger partial charge on any atom is -0.467 e. The van der Waals surface area contributed by atoms with Crippen molar-refractivity contribution in [2.24, 2.45) is 0 Å². The highest BCUT2D eigenvalue weighted by Gasteiger charge is 2.61. The second kappa shape index (κ2) is 4.27. The van der Waals surface area contributed by atoms with E-state index in [2.05, 4.69) is 0 Å². The highest BCUT2D eigenvalue weighted by atomic mass is 16.6. The van der Waals surface area contributed by atoms with Gasteiger partial charge in [0.25, 0.3) is 0 Å². The van der Waals surface area contributed by atoms with Gasteiger partial charge in [0.05, 0.1) is 12.8 Å². The van der Waals surface area contributed by atoms with Gasteiger partial charge in [0.2, 0.25) is 0 Å². The van der Waals surface area contributed by atoms with Crippen LogP contribution in [0.4, 0.5) is 4.79 Å². The molecule has 2 fully saturated rings. The molecular formula is C14H19NO4. The van der Waals surface area contributed by atoms with Crippen LogP contribution in [-0.4, -0.2) is 27.4 Å². The second-order valence-corrected chi connectivity index (χ2v) is 5.61. The molecule has 5 heteroatoms. The van der Waals surface area contributed by atoms with Crippen LogP contribution in [0.25, 0.3) is 0 Å². The molecule has 3 rings (SSSR count). The average molecular weight is 265 g/mol. The fraction of sp³-hybridized carbons (Fsp3) is 0.643. The van der Waals surface area contributed by atoms with E-state index in [0.29, 0.717) is 5.76 Å². The van der Waals surface area contributed by atoms with Gasteiger partial charge in [-0.25, -0.2) is 4.79 Å². The zero-order valence-corrected chi connectivity index (χ0v) is 11.1. The summed E-state index contributed by atoms with van der Waals surface area (Å²) in [6, 6.07) is 3.55. The predicted molar refractivity (Wildman–Crippen MR) is 67.2 cm³/mol. The molecule has 1 aliphatic heterocycles. The summed E-state index contributed by atoms with van der Waals surface area (Å²) in [6.45, 7) is 1.91. The van der Waals surface area contributed by atoms with E-state index in [1.165, 1.54) is 4.90 Å². The number of rotatable bonds is 2. The normalized spacial score (nSPS) is 29.8. The summed E-state index contributed by atoms with van der Waals surface area (Å²) in [5.41, 5.74) is -2.04. The zero-order valence-electron chi connectivity index (χ0n) is 11.1. The molecule has 104 valence electrons. The monoisotopic (exact) mass is 265 g/mol. The summed E-state index contributed by atoms with van der Waals surface area (Å²) in [5.74, 6) is 0.644. The Bertz CT molecular complexity index is 460. The standard InChI is InChI=1S/C14H19NO4/c1-13(17)14(7-3-2-4-8-14)19-12(16)15(13)10-11-6-5-9-18-11/h5-6,9,17H,2-4,7-8,10H2,1H3/t13-/m0/s1. The molecule has 1 aliphatic carbocycles. The highest BCUT2D eigenvalue weighted by Crippen LogP contribution is 2.47. The molecule has 1 aromatic rings. The van der Waals surface area contributed by atoms with Crippen LogP contribution in [0.3, 0.4) is 0 Å². The van der Waals surface area contributed by atoms with Crippen molar-refractivity contribution in [1.82, 2.24) is 4.90 Å². The van der Waals surface area contributed by atoms with E-state index in [-0.39, 0.29) is 6.54 Å². The third kappa shape index (κ3) is 1.84. The van der Waals surface area contributed by atoms with Gasteiger partial charge >= 0.3 is 6.09 Å². The van der Waals surface area contributed by atoms with Gasteiger partial charge in [-0.05, 0) is 44.7 Å². The Morgan fingerprint density at radius 2 is 2.11 bits per heavy atom. The molecule has 0 radical (unpaired) electrons. The van der Waals surface area contributed by atoms with Gasteiger partial charge in [-0.2, -0.15) is 0 Å². The van der Waals surface area contributed by atoms with E-state index < -0.39 is 17.4 Å². The van der Waals surface area contributed by atoms with Crippen LogP contribution in [0.2, 0.25) is 0 Å². The van der Waals surface area contributed by atoms with Crippen molar-refractivity contribution < 1.29 is 19.1 Å². The van der Waals surface area contributed by atoms with Crippen molar-refractivity contribution in [3.63, 3.8) is 0 Å². The van der Waals surface area contributed by atoms with Crippen LogP contribution in [0.1, 0.15) is 44.8 Å². The van der Waals surface area contributed by atoms with Crippen molar-refractivity contribution in [3.05, 3.63) is 24.2 Å². The summed E-state index contributed by atoms with van der Waals surface area (Å²) in [7, 11) is 0. The smallest absolute Gasteiger partial charge is 0.413 e. The molecule has 1 spiro atoms. The third-order valence-corrected chi connectivity index (χ3v) is 4.45. The maximum atomic E-state index is 12.1. The van der Waals surface area contributed by atoms with Gasteiger partial charge in [0, 0.05) is 0 Å². The average Bonchev–Trinajstić information content (AvgIpc) is 2.94. The van der Waals surface area contributed by atoms with Gasteiger partial charge in [0.15, 0.2) is 11.3 Å². The Hall–Kier alpha value is -1.49. The first-order valence-electron chi connectivity index (χ1n) is 6.81. The van der Waals surface area contributed by atoms with Crippen molar-refractivity contribution >= 4 is 6.09 Å². The second-order valence-electron chi connectivity index (χ2n) is 5.61. The van der Waals surface area contributed by atoms with E-state index in [4.69, 9.17) is 9.15 Å². The Labute approximate surface area is 112 Å². The van der Waals surface area contributed by atoms with Crippen LogP contribution >= 0.6 is 0 Å². The Kier molecular flexibility index (Phi) is 2.82. The van der Waals surface area contributed by atoms with Gasteiger partial charge in [-0.15, -0.1) is 0 Å². The molecule has 19 heavy (non-hydrogen) atoms. The van der Waals surface area contributed by atoms with Gasteiger partial charge in [-0.1, -0.05) is 6.42 Å². The lowest BCUT2D eigenvalue weighted by Gasteiger charge is -2.41. The van der Waals surface area contributed by atoms with E-state index >= 15 is 0 Å². The number of carbonyl (C=O) groups is 1. The first kappa shape index (κ1) is 12.5. The molecule has 1 saturated carbocycles. The summed E-state index contributed by atoms with van der Waals surface area (Å²) >= 11 is 0. The molecule has 1 amide bonds. The lowest BCUT2D eigenvalue weighted by atomic mass is 9.77. The largest absolute Gasteiger partial charge is 0.467 e. The van der Waals surface area contributed by atoms with Crippen molar-refractivity contribution in [2.75, 3.05) is 0 Å². The number of carbonyl (C=O) groups excluding carboxylic acids is 1. The Morgan fingerprint density at radius 1 is 1.37 bits per heavy atom. The van der Waals surface area contributed by atoms with Crippen LogP contribution in [0.15, 0.2) is 22.8 Å². The summed E-state index contributed by atoms with van der Waals surface area (Å²) in [4.78, 5) is 13.5. The van der Waals surface area contributed by atoms with Crippen LogP contribution in [0.5, 0.6) is 0 Å². The van der Waals surface area contributed by atoms with Crippen molar-refractivity contribution in [1.29, 1.82) is 0 Å². The van der Waals surface area contributed by atoms with E-state index in [0.717, 1.165) is 32.1 Å². The molecule has 1 aromatic heterocycles.